The second kappa shape index (κ2) is 5.28. The predicted molar refractivity (Wildman–Crippen MR) is 73.7 cm³/mol. The van der Waals surface area contributed by atoms with Crippen molar-refractivity contribution < 1.29 is 13.5 Å². The molecule has 102 valence electrons. The van der Waals surface area contributed by atoms with Gasteiger partial charge in [-0.1, -0.05) is 12.1 Å². The lowest BCUT2D eigenvalue weighted by atomic mass is 10.3. The molecule has 19 heavy (non-hydrogen) atoms. The van der Waals surface area contributed by atoms with Crippen LogP contribution in [0.2, 0.25) is 0 Å². The first-order valence-corrected chi connectivity index (χ1v) is 7.93. The number of thiazole rings is 1. The summed E-state index contributed by atoms with van der Waals surface area (Å²) in [5, 5.41) is 10.3. The number of aromatic hydroxyl groups is 1. The number of para-hydroxylation sites is 1. The molecule has 7 heteroatoms. The first-order valence-electron chi connectivity index (χ1n) is 5.63. The van der Waals surface area contributed by atoms with Crippen LogP contribution in [0.1, 0.15) is 22.9 Å². The van der Waals surface area contributed by atoms with Crippen LogP contribution in [-0.2, 0) is 10.0 Å². The number of phenols is 1. The van der Waals surface area contributed by atoms with E-state index in [2.05, 4.69) is 9.71 Å². The fourth-order valence-electron chi connectivity index (χ4n) is 1.60. The Kier molecular flexibility index (Phi) is 3.88. The highest BCUT2D eigenvalue weighted by Gasteiger charge is 2.22. The van der Waals surface area contributed by atoms with Gasteiger partial charge in [-0.3, -0.25) is 0 Å². The lowest BCUT2D eigenvalue weighted by Gasteiger charge is -2.12. The first kappa shape index (κ1) is 14.0. The highest BCUT2D eigenvalue weighted by Crippen LogP contribution is 2.25. The van der Waals surface area contributed by atoms with Crippen molar-refractivity contribution >= 4 is 21.4 Å². The van der Waals surface area contributed by atoms with Crippen molar-refractivity contribution in [3.63, 3.8) is 0 Å². The summed E-state index contributed by atoms with van der Waals surface area (Å²) in [6.07, 6.45) is 1.70. The molecule has 2 rings (SSSR count). The summed E-state index contributed by atoms with van der Waals surface area (Å²) in [5.74, 6) is -0.266. The van der Waals surface area contributed by atoms with Crippen molar-refractivity contribution in [2.75, 3.05) is 0 Å². The average molecular weight is 298 g/mol. The smallest absolute Gasteiger partial charge is 0.244 e. The maximum Gasteiger partial charge on any atom is 0.244 e. The molecule has 0 amide bonds. The normalized spacial score (nSPS) is 13.4. The Hall–Kier alpha value is -1.44. The van der Waals surface area contributed by atoms with Gasteiger partial charge in [-0.05, 0) is 26.0 Å². The molecule has 2 aromatic rings. The monoisotopic (exact) mass is 298 g/mol. The number of rotatable bonds is 4. The van der Waals surface area contributed by atoms with Crippen LogP contribution in [0.15, 0.2) is 35.4 Å². The minimum Gasteiger partial charge on any atom is -0.507 e. The van der Waals surface area contributed by atoms with E-state index in [1.807, 2.05) is 6.92 Å². The standard InChI is InChI=1S/C12H14N2O3S2/c1-8-7-13-12(18-8)9(2)14-19(16,17)11-6-4-3-5-10(11)15/h3-7,9,14-15H,1-2H3. The van der Waals surface area contributed by atoms with E-state index in [-0.39, 0.29) is 10.6 Å². The molecule has 5 nitrogen and oxygen atoms in total. The number of aromatic nitrogens is 1. The number of benzene rings is 1. The quantitative estimate of drug-likeness (QED) is 0.907. The number of hydrogen-bond donors (Lipinski definition) is 2. The van der Waals surface area contributed by atoms with Crippen molar-refractivity contribution in [2.24, 2.45) is 0 Å². The van der Waals surface area contributed by atoms with Gasteiger partial charge in [0.25, 0.3) is 0 Å². The van der Waals surface area contributed by atoms with Crippen LogP contribution >= 0.6 is 11.3 Å². The van der Waals surface area contributed by atoms with E-state index in [0.717, 1.165) is 4.88 Å². The molecule has 0 radical (unpaired) electrons. The van der Waals surface area contributed by atoms with Crippen LogP contribution < -0.4 is 4.72 Å². The van der Waals surface area contributed by atoms with Gasteiger partial charge in [-0.15, -0.1) is 11.3 Å². The fraction of sp³-hybridized carbons (Fsp3) is 0.250. The largest absolute Gasteiger partial charge is 0.507 e. The molecule has 0 bridgehead atoms. The van der Waals surface area contributed by atoms with Crippen LogP contribution in [0.5, 0.6) is 5.75 Å². The zero-order valence-corrected chi connectivity index (χ0v) is 12.1. The SMILES string of the molecule is Cc1cnc(C(C)NS(=O)(=O)c2ccccc2O)s1. The lowest BCUT2D eigenvalue weighted by Crippen LogP contribution is -2.26. The zero-order valence-electron chi connectivity index (χ0n) is 10.5. The first-order chi connectivity index (χ1) is 8.90. The van der Waals surface area contributed by atoms with E-state index in [0.29, 0.717) is 5.01 Å². The Morgan fingerprint density at radius 3 is 2.63 bits per heavy atom. The minimum atomic E-state index is -3.76. The summed E-state index contributed by atoms with van der Waals surface area (Å²) >= 11 is 1.44. The van der Waals surface area contributed by atoms with Gasteiger partial charge in [0.05, 0.1) is 6.04 Å². The van der Waals surface area contributed by atoms with Gasteiger partial charge in [0.1, 0.15) is 15.7 Å². The number of sulfonamides is 1. The molecule has 0 aliphatic heterocycles. The van der Waals surface area contributed by atoms with Gasteiger partial charge in [0.2, 0.25) is 10.0 Å². The number of aryl methyl sites for hydroxylation is 1. The molecule has 0 aliphatic carbocycles. The van der Waals surface area contributed by atoms with E-state index >= 15 is 0 Å². The minimum absolute atomic E-state index is 0.130. The third-order valence-electron chi connectivity index (χ3n) is 2.50. The molecule has 0 spiro atoms. The van der Waals surface area contributed by atoms with Crippen LogP contribution in [0, 0.1) is 6.92 Å². The Balaban J connectivity index is 2.25. The highest BCUT2D eigenvalue weighted by molar-refractivity contribution is 7.89. The maximum atomic E-state index is 12.1. The molecule has 1 heterocycles. The molecular formula is C12H14N2O3S2. The topological polar surface area (TPSA) is 79.3 Å². The van der Waals surface area contributed by atoms with Crippen LogP contribution in [0.3, 0.4) is 0 Å². The summed E-state index contributed by atoms with van der Waals surface area (Å²) in [6.45, 7) is 3.63. The summed E-state index contributed by atoms with van der Waals surface area (Å²) < 4.78 is 26.8. The van der Waals surface area contributed by atoms with Crippen LogP contribution in [0.25, 0.3) is 0 Å². The number of phenolic OH excluding ortho intramolecular Hbond substituents is 1. The van der Waals surface area contributed by atoms with Gasteiger partial charge in [-0.25, -0.2) is 18.1 Å². The van der Waals surface area contributed by atoms with Crippen LogP contribution in [-0.4, -0.2) is 18.5 Å². The van der Waals surface area contributed by atoms with E-state index in [1.54, 1.807) is 25.3 Å². The third-order valence-corrected chi connectivity index (χ3v) is 5.18. The van der Waals surface area contributed by atoms with Crippen molar-refractivity contribution in [1.29, 1.82) is 0 Å². The molecule has 1 aromatic heterocycles. The fourth-order valence-corrected chi connectivity index (χ4v) is 3.76. The van der Waals surface area contributed by atoms with Gasteiger partial charge >= 0.3 is 0 Å². The molecular weight excluding hydrogens is 284 g/mol. The number of nitrogens with one attached hydrogen (secondary N) is 1. The maximum absolute atomic E-state index is 12.1. The molecule has 0 aliphatic rings. The number of nitrogens with zero attached hydrogens (tertiary/aromatic N) is 1. The van der Waals surface area contributed by atoms with E-state index in [9.17, 15) is 13.5 Å². The van der Waals surface area contributed by atoms with Gasteiger partial charge in [-0.2, -0.15) is 0 Å². The molecule has 1 aromatic carbocycles. The molecule has 0 saturated heterocycles. The summed E-state index contributed by atoms with van der Waals surface area (Å²) in [7, 11) is -3.76. The van der Waals surface area contributed by atoms with Gasteiger partial charge in [0, 0.05) is 11.1 Å². The molecule has 0 saturated carbocycles. The third kappa shape index (κ3) is 3.12. The van der Waals surface area contributed by atoms with Crippen molar-refractivity contribution in [2.45, 2.75) is 24.8 Å². The second-order valence-corrected chi connectivity index (χ2v) is 7.07. The molecule has 1 unspecified atom stereocenters. The zero-order chi connectivity index (χ0) is 14.0. The Morgan fingerprint density at radius 2 is 2.05 bits per heavy atom. The van der Waals surface area contributed by atoms with E-state index in [4.69, 9.17) is 0 Å². The second-order valence-electron chi connectivity index (χ2n) is 4.12. The average Bonchev–Trinajstić information content (AvgIpc) is 2.76. The lowest BCUT2D eigenvalue weighted by molar-refractivity contribution is 0.457. The Bertz CT molecular complexity index is 680. The van der Waals surface area contributed by atoms with Gasteiger partial charge in [0.15, 0.2) is 0 Å². The summed E-state index contributed by atoms with van der Waals surface area (Å²) in [5.41, 5.74) is 0. The molecule has 2 N–H and O–H groups in total. The van der Waals surface area contributed by atoms with Crippen molar-refractivity contribution in [1.82, 2.24) is 9.71 Å². The van der Waals surface area contributed by atoms with E-state index in [1.165, 1.54) is 23.5 Å². The number of hydrogen-bond acceptors (Lipinski definition) is 5. The summed E-state index contributed by atoms with van der Waals surface area (Å²) in [6, 6.07) is 5.39. The molecule has 1 atom stereocenters. The van der Waals surface area contributed by atoms with Gasteiger partial charge < -0.3 is 5.11 Å². The Labute approximate surface area is 116 Å². The Morgan fingerprint density at radius 1 is 1.37 bits per heavy atom. The van der Waals surface area contributed by atoms with E-state index < -0.39 is 16.1 Å². The summed E-state index contributed by atoms with van der Waals surface area (Å²) in [4.78, 5) is 5.03. The highest BCUT2D eigenvalue weighted by atomic mass is 32.2. The molecule has 0 fully saturated rings. The predicted octanol–water partition coefficient (Wildman–Crippen LogP) is 2.20. The van der Waals surface area contributed by atoms with Crippen LogP contribution in [0.4, 0.5) is 0 Å². The van der Waals surface area contributed by atoms with Crippen molar-refractivity contribution in [3.05, 3.63) is 40.3 Å². The van der Waals surface area contributed by atoms with Crippen molar-refractivity contribution in [3.8, 4) is 5.75 Å².